The van der Waals surface area contributed by atoms with Gasteiger partial charge in [-0.3, -0.25) is 0 Å². The fraction of sp³-hybridized carbons (Fsp3) is 0.800. The summed E-state index contributed by atoms with van der Waals surface area (Å²) in [5.74, 6) is 0. The van der Waals surface area contributed by atoms with E-state index in [1.165, 1.54) is 6.21 Å². The summed E-state index contributed by atoms with van der Waals surface area (Å²) in [6, 6.07) is 0. The first-order valence-corrected chi connectivity index (χ1v) is 2.75. The van der Waals surface area contributed by atoms with E-state index in [1.54, 1.807) is 0 Å². The summed E-state index contributed by atoms with van der Waals surface area (Å²) in [6.45, 7) is 3.15. The van der Waals surface area contributed by atoms with Gasteiger partial charge in [0.05, 0.1) is 6.21 Å². The molecule has 0 bridgehead atoms. The Morgan fingerprint density at radius 2 is 2.50 bits per heavy atom. The molecule has 0 rings (SSSR count). The first kappa shape index (κ1) is 7.43. The number of oxime groups is 1. The van der Waals surface area contributed by atoms with Crippen LogP contribution in [0.15, 0.2) is 5.16 Å². The summed E-state index contributed by atoms with van der Waals surface area (Å²) in [5.41, 5.74) is 5.08. The maximum absolute atomic E-state index is 5.08. The van der Waals surface area contributed by atoms with Crippen LogP contribution in [0.25, 0.3) is 0 Å². The number of rotatable bonds is 4. The highest BCUT2D eigenvalue weighted by Gasteiger charge is 1.73. The van der Waals surface area contributed by atoms with Crippen molar-refractivity contribution in [2.45, 2.75) is 13.3 Å². The Hall–Kier alpha value is -0.570. The minimum atomic E-state index is 0.448. The first-order valence-electron chi connectivity index (χ1n) is 2.75. The average Bonchev–Trinajstić information content (AvgIpc) is 1.81. The van der Waals surface area contributed by atoms with Crippen molar-refractivity contribution in [3.05, 3.63) is 0 Å². The number of hydrogen-bond donors (Lipinski definition) is 1. The Morgan fingerprint density at radius 1 is 1.75 bits per heavy atom. The Bertz CT molecular complexity index is 63.4. The van der Waals surface area contributed by atoms with Crippen LogP contribution < -0.4 is 5.73 Å². The number of nitrogens with two attached hydrogens (primary N) is 1. The molecule has 0 radical (unpaired) electrons. The van der Waals surface area contributed by atoms with Gasteiger partial charge in [0.1, 0.15) is 6.61 Å². The Morgan fingerprint density at radius 3 is 3.00 bits per heavy atom. The molecule has 0 aromatic heterocycles. The minimum Gasteiger partial charge on any atom is -0.396 e. The summed E-state index contributed by atoms with van der Waals surface area (Å²) in [5, 5.41) is 3.53. The van der Waals surface area contributed by atoms with Crippen molar-refractivity contribution < 1.29 is 4.84 Å². The van der Waals surface area contributed by atoms with Crippen LogP contribution in [0.1, 0.15) is 13.3 Å². The molecule has 0 spiro atoms. The van der Waals surface area contributed by atoms with Crippen molar-refractivity contribution >= 4 is 6.21 Å². The van der Waals surface area contributed by atoms with Gasteiger partial charge in [-0.1, -0.05) is 12.1 Å². The molecule has 0 aromatic carbocycles. The van der Waals surface area contributed by atoms with Crippen molar-refractivity contribution in [3.8, 4) is 0 Å². The van der Waals surface area contributed by atoms with E-state index in [2.05, 4.69) is 5.16 Å². The molecule has 0 unspecified atom stereocenters. The van der Waals surface area contributed by atoms with Gasteiger partial charge in [-0.25, -0.2) is 0 Å². The van der Waals surface area contributed by atoms with E-state index in [0.717, 1.165) is 6.42 Å². The topological polar surface area (TPSA) is 47.6 Å². The molecule has 48 valence electrons. The van der Waals surface area contributed by atoms with E-state index in [0.29, 0.717) is 13.2 Å². The van der Waals surface area contributed by atoms with Gasteiger partial charge in [0.2, 0.25) is 0 Å². The molecule has 3 heteroatoms. The van der Waals surface area contributed by atoms with E-state index in [9.17, 15) is 0 Å². The van der Waals surface area contributed by atoms with Gasteiger partial charge in [-0.15, -0.1) is 0 Å². The van der Waals surface area contributed by atoms with Gasteiger partial charge in [0.25, 0.3) is 0 Å². The van der Waals surface area contributed by atoms with Crippen LogP contribution >= 0.6 is 0 Å². The molecule has 8 heavy (non-hydrogen) atoms. The Labute approximate surface area is 49.5 Å². The molecule has 0 aliphatic heterocycles. The summed E-state index contributed by atoms with van der Waals surface area (Å²) < 4.78 is 0. The zero-order valence-electron chi connectivity index (χ0n) is 5.13. The second-order valence-electron chi connectivity index (χ2n) is 1.36. The predicted octanol–water partition coefficient (Wildman–Crippen LogP) is 0.358. The summed E-state index contributed by atoms with van der Waals surface area (Å²) >= 11 is 0. The molecule has 0 atom stereocenters. The zero-order valence-corrected chi connectivity index (χ0v) is 5.13. The lowest BCUT2D eigenvalue weighted by atomic mass is 10.5. The molecule has 0 aromatic rings. The standard InChI is InChI=1S/C5H12N2O/c1-2-5-8-7-4-3-6/h4H,2-3,5-6H2,1H3/b7-4+. The molecule has 0 saturated carbocycles. The smallest absolute Gasteiger partial charge is 0.116 e. The fourth-order valence-electron chi connectivity index (χ4n) is 0.240. The maximum Gasteiger partial charge on any atom is 0.116 e. The van der Waals surface area contributed by atoms with Crippen LogP contribution in [-0.2, 0) is 4.84 Å². The largest absolute Gasteiger partial charge is 0.396 e. The predicted molar refractivity (Wildman–Crippen MR) is 33.8 cm³/mol. The molecule has 0 fully saturated rings. The van der Waals surface area contributed by atoms with Gasteiger partial charge < -0.3 is 10.6 Å². The lowest BCUT2D eigenvalue weighted by molar-refractivity contribution is 0.146. The summed E-state index contributed by atoms with van der Waals surface area (Å²) in [6.07, 6.45) is 2.53. The molecule has 0 heterocycles. The number of hydrogen-bond acceptors (Lipinski definition) is 3. The fourth-order valence-corrected chi connectivity index (χ4v) is 0.240. The maximum atomic E-state index is 5.08. The minimum absolute atomic E-state index is 0.448. The van der Waals surface area contributed by atoms with Crippen LogP contribution in [0.4, 0.5) is 0 Å². The van der Waals surface area contributed by atoms with E-state index in [1.807, 2.05) is 6.92 Å². The molecule has 0 aliphatic carbocycles. The molecular weight excluding hydrogens is 104 g/mol. The zero-order chi connectivity index (χ0) is 6.24. The molecule has 3 nitrogen and oxygen atoms in total. The normalized spacial score (nSPS) is 10.2. The van der Waals surface area contributed by atoms with Crippen LogP contribution in [0.5, 0.6) is 0 Å². The third kappa shape index (κ3) is 5.43. The van der Waals surface area contributed by atoms with E-state index in [4.69, 9.17) is 10.6 Å². The lowest BCUT2D eigenvalue weighted by Gasteiger charge is -1.90. The Kier molecular flexibility index (Phi) is 5.97. The summed E-state index contributed by atoms with van der Waals surface area (Å²) in [7, 11) is 0. The van der Waals surface area contributed by atoms with Crippen molar-refractivity contribution in [2.24, 2.45) is 10.9 Å². The van der Waals surface area contributed by atoms with Gasteiger partial charge in [0.15, 0.2) is 0 Å². The quantitative estimate of drug-likeness (QED) is 0.327. The van der Waals surface area contributed by atoms with Crippen molar-refractivity contribution in [2.75, 3.05) is 13.2 Å². The number of nitrogens with zero attached hydrogens (tertiary/aromatic N) is 1. The first-order chi connectivity index (χ1) is 3.91. The Balaban J connectivity index is 2.80. The van der Waals surface area contributed by atoms with Crippen LogP contribution in [-0.4, -0.2) is 19.4 Å². The van der Waals surface area contributed by atoms with Crippen molar-refractivity contribution in [1.82, 2.24) is 0 Å². The van der Waals surface area contributed by atoms with E-state index >= 15 is 0 Å². The molecule has 0 aliphatic rings. The van der Waals surface area contributed by atoms with Crippen molar-refractivity contribution in [3.63, 3.8) is 0 Å². The molecule has 0 saturated heterocycles. The summed E-state index contributed by atoms with van der Waals surface area (Å²) in [4.78, 5) is 4.71. The highest BCUT2D eigenvalue weighted by molar-refractivity contribution is 5.58. The molecular formula is C5H12N2O. The van der Waals surface area contributed by atoms with E-state index < -0.39 is 0 Å². The van der Waals surface area contributed by atoms with Gasteiger partial charge in [0, 0.05) is 6.54 Å². The van der Waals surface area contributed by atoms with Gasteiger partial charge >= 0.3 is 0 Å². The highest BCUT2D eigenvalue weighted by Crippen LogP contribution is 1.77. The SMILES string of the molecule is CCCO/N=C/CN. The second kappa shape index (κ2) is 6.43. The third-order valence-corrected chi connectivity index (χ3v) is 0.550. The second-order valence-corrected chi connectivity index (χ2v) is 1.36. The molecule has 2 N–H and O–H groups in total. The monoisotopic (exact) mass is 116 g/mol. The van der Waals surface area contributed by atoms with Crippen LogP contribution in [0.2, 0.25) is 0 Å². The van der Waals surface area contributed by atoms with Crippen LogP contribution in [0.3, 0.4) is 0 Å². The van der Waals surface area contributed by atoms with E-state index in [-0.39, 0.29) is 0 Å². The van der Waals surface area contributed by atoms with Crippen LogP contribution in [0, 0.1) is 0 Å². The van der Waals surface area contributed by atoms with Gasteiger partial charge in [-0.05, 0) is 6.42 Å². The molecule has 0 amide bonds. The van der Waals surface area contributed by atoms with Gasteiger partial charge in [-0.2, -0.15) is 0 Å². The lowest BCUT2D eigenvalue weighted by Crippen LogP contribution is -1.99. The van der Waals surface area contributed by atoms with Crippen molar-refractivity contribution in [1.29, 1.82) is 0 Å². The average molecular weight is 116 g/mol. The third-order valence-electron chi connectivity index (χ3n) is 0.550. The highest BCUT2D eigenvalue weighted by atomic mass is 16.6.